The number of nitrogens with zero attached hydrogens (tertiary/aromatic N) is 3. The number of ether oxygens (including phenoxy) is 1. The lowest BCUT2D eigenvalue weighted by Gasteiger charge is -2.15. The molecule has 0 saturated carbocycles. The predicted molar refractivity (Wildman–Crippen MR) is 83.0 cm³/mol. The molecule has 7 nitrogen and oxygen atoms in total. The Hall–Kier alpha value is -3.22. The normalized spacial score (nSPS) is 12.0. The van der Waals surface area contributed by atoms with Crippen LogP contribution in [0.4, 0.5) is 5.69 Å². The molecule has 1 heterocycles. The van der Waals surface area contributed by atoms with Gasteiger partial charge in [-0.3, -0.25) is 14.8 Å². The molecule has 2 aromatic carbocycles. The summed E-state index contributed by atoms with van der Waals surface area (Å²) in [5.74, 6) is -0.460. The summed E-state index contributed by atoms with van der Waals surface area (Å²) in [6.07, 6.45) is 1.67. The first-order chi connectivity index (χ1) is 11.1. The molecule has 23 heavy (non-hydrogen) atoms. The van der Waals surface area contributed by atoms with Gasteiger partial charge in [0.05, 0.1) is 17.5 Å². The lowest BCUT2D eigenvalue weighted by molar-refractivity contribution is -0.384. The SMILES string of the molecule is COC(=O)C(c1ccccc1)n1cc2ccc([N+](=O)[O-])cc2n1. The second-order valence-corrected chi connectivity index (χ2v) is 4.95. The van der Waals surface area contributed by atoms with Crippen molar-refractivity contribution in [3.05, 3.63) is 70.4 Å². The number of carbonyl (C=O) groups excluding carboxylic acids is 1. The summed E-state index contributed by atoms with van der Waals surface area (Å²) in [4.78, 5) is 22.6. The number of methoxy groups -OCH3 is 1. The molecule has 0 bridgehead atoms. The first kappa shape index (κ1) is 14.7. The number of carbonyl (C=O) groups is 1. The summed E-state index contributed by atoms with van der Waals surface area (Å²) in [6.45, 7) is 0. The van der Waals surface area contributed by atoms with Gasteiger partial charge in [0.2, 0.25) is 0 Å². The summed E-state index contributed by atoms with van der Waals surface area (Å²) in [5, 5.41) is 15.9. The average molecular weight is 311 g/mol. The largest absolute Gasteiger partial charge is 0.467 e. The lowest BCUT2D eigenvalue weighted by atomic mass is 10.1. The number of non-ortho nitro benzene ring substituents is 1. The molecule has 0 N–H and O–H groups in total. The van der Waals surface area contributed by atoms with Gasteiger partial charge >= 0.3 is 5.97 Å². The van der Waals surface area contributed by atoms with Crippen molar-refractivity contribution in [3.8, 4) is 0 Å². The van der Waals surface area contributed by atoms with Crippen LogP contribution in [0.1, 0.15) is 11.6 Å². The maximum absolute atomic E-state index is 12.2. The van der Waals surface area contributed by atoms with Gasteiger partial charge in [-0.1, -0.05) is 30.3 Å². The number of hydrogen-bond acceptors (Lipinski definition) is 5. The standard InChI is InChI=1S/C16H13N3O4/c1-23-16(20)15(11-5-3-2-4-6-11)18-10-12-7-8-13(19(21)22)9-14(12)17-18/h2-10,15H,1H3. The molecule has 0 fully saturated rings. The number of nitro groups is 1. The molecule has 0 aliphatic heterocycles. The molecule has 0 spiro atoms. The van der Waals surface area contributed by atoms with Crippen LogP contribution in [-0.4, -0.2) is 27.8 Å². The van der Waals surface area contributed by atoms with Gasteiger partial charge in [0.1, 0.15) is 0 Å². The van der Waals surface area contributed by atoms with Crippen LogP contribution in [0, 0.1) is 10.1 Å². The van der Waals surface area contributed by atoms with Crippen molar-refractivity contribution in [1.29, 1.82) is 0 Å². The number of esters is 1. The van der Waals surface area contributed by atoms with E-state index in [1.807, 2.05) is 18.2 Å². The Balaban J connectivity index is 2.11. The zero-order valence-corrected chi connectivity index (χ0v) is 12.2. The van der Waals surface area contributed by atoms with Crippen molar-refractivity contribution < 1.29 is 14.5 Å². The third-order valence-corrected chi connectivity index (χ3v) is 3.52. The molecule has 0 aliphatic carbocycles. The minimum atomic E-state index is -0.743. The van der Waals surface area contributed by atoms with Crippen molar-refractivity contribution in [1.82, 2.24) is 9.78 Å². The van der Waals surface area contributed by atoms with Crippen LogP contribution < -0.4 is 0 Å². The van der Waals surface area contributed by atoms with Gasteiger partial charge in [-0.25, -0.2) is 4.79 Å². The minimum Gasteiger partial charge on any atom is -0.467 e. The highest BCUT2D eigenvalue weighted by molar-refractivity contribution is 5.82. The highest BCUT2D eigenvalue weighted by Crippen LogP contribution is 2.24. The quantitative estimate of drug-likeness (QED) is 0.420. The molecule has 1 atom stereocenters. The molecule has 3 aromatic rings. The van der Waals surface area contributed by atoms with Crippen LogP contribution in [0.5, 0.6) is 0 Å². The lowest BCUT2D eigenvalue weighted by Crippen LogP contribution is -2.22. The molecule has 0 amide bonds. The number of rotatable bonds is 4. The van der Waals surface area contributed by atoms with E-state index in [-0.39, 0.29) is 5.69 Å². The smallest absolute Gasteiger partial charge is 0.335 e. The first-order valence-electron chi connectivity index (χ1n) is 6.86. The van der Waals surface area contributed by atoms with Crippen LogP contribution in [0.25, 0.3) is 10.9 Å². The van der Waals surface area contributed by atoms with Crippen LogP contribution in [0.2, 0.25) is 0 Å². The third kappa shape index (κ3) is 2.76. The summed E-state index contributed by atoms with van der Waals surface area (Å²) in [7, 11) is 1.31. The van der Waals surface area contributed by atoms with Gasteiger partial charge in [0, 0.05) is 23.7 Å². The molecule has 116 valence electrons. The van der Waals surface area contributed by atoms with E-state index in [4.69, 9.17) is 4.74 Å². The van der Waals surface area contributed by atoms with E-state index in [1.54, 1.807) is 24.4 Å². The molecule has 1 aromatic heterocycles. The van der Waals surface area contributed by atoms with Gasteiger partial charge in [-0.2, -0.15) is 5.10 Å². The zero-order chi connectivity index (χ0) is 16.4. The van der Waals surface area contributed by atoms with Crippen LogP contribution >= 0.6 is 0 Å². The highest BCUT2D eigenvalue weighted by atomic mass is 16.6. The Morgan fingerprint density at radius 2 is 2.00 bits per heavy atom. The summed E-state index contributed by atoms with van der Waals surface area (Å²) < 4.78 is 6.34. The topological polar surface area (TPSA) is 87.3 Å². The Bertz CT molecular complexity index is 873. The minimum absolute atomic E-state index is 0.0444. The number of fused-ring (bicyclic) bond motifs is 1. The summed E-state index contributed by atoms with van der Waals surface area (Å²) >= 11 is 0. The van der Waals surface area contributed by atoms with E-state index >= 15 is 0 Å². The van der Waals surface area contributed by atoms with Crippen LogP contribution in [0.15, 0.2) is 54.7 Å². The van der Waals surface area contributed by atoms with Crippen molar-refractivity contribution >= 4 is 22.6 Å². The number of hydrogen-bond donors (Lipinski definition) is 0. The maximum atomic E-state index is 12.2. The Labute approximate surface area is 131 Å². The average Bonchev–Trinajstić information content (AvgIpc) is 2.98. The predicted octanol–water partition coefficient (Wildman–Crippen LogP) is 2.71. The van der Waals surface area contributed by atoms with E-state index in [2.05, 4.69) is 5.10 Å². The number of aromatic nitrogens is 2. The van der Waals surface area contributed by atoms with Gasteiger partial charge in [-0.05, 0) is 11.6 Å². The van der Waals surface area contributed by atoms with Crippen LogP contribution in [0.3, 0.4) is 0 Å². The molecule has 0 saturated heterocycles. The summed E-state index contributed by atoms with van der Waals surface area (Å²) in [6, 6.07) is 12.7. The summed E-state index contributed by atoms with van der Waals surface area (Å²) in [5.41, 5.74) is 1.13. The molecule has 0 radical (unpaired) electrons. The Kier molecular flexibility index (Phi) is 3.76. The molecule has 7 heteroatoms. The molecule has 0 aliphatic rings. The fraction of sp³-hybridized carbons (Fsp3) is 0.125. The van der Waals surface area contributed by atoms with Gasteiger partial charge in [-0.15, -0.1) is 0 Å². The third-order valence-electron chi connectivity index (χ3n) is 3.52. The Morgan fingerprint density at radius 1 is 1.26 bits per heavy atom. The van der Waals surface area contributed by atoms with E-state index < -0.39 is 16.9 Å². The van der Waals surface area contributed by atoms with E-state index in [1.165, 1.54) is 23.9 Å². The van der Waals surface area contributed by atoms with E-state index in [9.17, 15) is 14.9 Å². The van der Waals surface area contributed by atoms with Gasteiger partial charge < -0.3 is 4.74 Å². The monoisotopic (exact) mass is 311 g/mol. The fourth-order valence-corrected chi connectivity index (χ4v) is 2.41. The zero-order valence-electron chi connectivity index (χ0n) is 12.2. The maximum Gasteiger partial charge on any atom is 0.335 e. The second kappa shape index (κ2) is 5.88. The van der Waals surface area contributed by atoms with Crippen molar-refractivity contribution in [2.24, 2.45) is 0 Å². The van der Waals surface area contributed by atoms with Crippen molar-refractivity contribution in [3.63, 3.8) is 0 Å². The van der Waals surface area contributed by atoms with Crippen molar-refractivity contribution in [2.45, 2.75) is 6.04 Å². The molecule has 3 rings (SSSR count). The molecule has 1 unspecified atom stereocenters. The van der Waals surface area contributed by atoms with E-state index in [0.717, 1.165) is 5.56 Å². The molecular weight excluding hydrogens is 298 g/mol. The highest BCUT2D eigenvalue weighted by Gasteiger charge is 2.24. The van der Waals surface area contributed by atoms with Gasteiger partial charge in [0.15, 0.2) is 6.04 Å². The second-order valence-electron chi connectivity index (χ2n) is 4.95. The van der Waals surface area contributed by atoms with Crippen LogP contribution in [-0.2, 0) is 9.53 Å². The fourth-order valence-electron chi connectivity index (χ4n) is 2.41. The first-order valence-corrected chi connectivity index (χ1v) is 6.86. The van der Waals surface area contributed by atoms with Gasteiger partial charge in [0.25, 0.3) is 5.69 Å². The van der Waals surface area contributed by atoms with E-state index in [0.29, 0.717) is 10.9 Å². The Morgan fingerprint density at radius 3 is 2.65 bits per heavy atom. The number of nitro benzene ring substituents is 1. The van der Waals surface area contributed by atoms with Crippen molar-refractivity contribution in [2.75, 3.05) is 7.11 Å². The number of benzene rings is 2. The molecular formula is C16H13N3O4.